The van der Waals surface area contributed by atoms with Crippen molar-refractivity contribution < 1.29 is 4.39 Å². The van der Waals surface area contributed by atoms with E-state index in [0.29, 0.717) is 0 Å². The monoisotopic (exact) mass is 245 g/mol. The molecular weight excluding hydrogens is 225 g/mol. The third kappa shape index (κ3) is 2.47. The zero-order valence-electron chi connectivity index (χ0n) is 11.5. The maximum Gasteiger partial charge on any atom is 0.168 e. The van der Waals surface area contributed by atoms with E-state index < -0.39 is 5.67 Å². The Bertz CT molecular complexity index is 494. The third-order valence-corrected chi connectivity index (χ3v) is 3.41. The number of allylic oxidation sites excluding steroid dienone is 4. The quantitative estimate of drug-likeness (QED) is 0.751. The fourth-order valence-corrected chi connectivity index (χ4v) is 2.16. The summed E-state index contributed by atoms with van der Waals surface area (Å²) in [6, 6.07) is 8.26. The molecule has 0 aliphatic heterocycles. The largest absolute Gasteiger partial charge is 0.345 e. The summed E-state index contributed by atoms with van der Waals surface area (Å²) in [6.07, 6.45) is 4.89. The number of alkyl halides is 1. The summed E-state index contributed by atoms with van der Waals surface area (Å²) in [4.78, 5) is 1.91. The molecule has 1 aromatic rings. The lowest BCUT2D eigenvalue weighted by Crippen LogP contribution is -2.17. The summed E-state index contributed by atoms with van der Waals surface area (Å²) in [6.45, 7) is 5.83. The number of rotatable bonds is 4. The first-order chi connectivity index (χ1) is 8.45. The minimum absolute atomic E-state index is 0.746. The first-order valence-corrected chi connectivity index (χ1v) is 6.39. The first kappa shape index (κ1) is 12.9. The molecule has 0 fully saturated rings. The molecule has 1 aliphatic rings. The van der Waals surface area contributed by atoms with Gasteiger partial charge < -0.3 is 4.90 Å². The van der Waals surface area contributed by atoms with Gasteiger partial charge in [-0.25, -0.2) is 4.39 Å². The Morgan fingerprint density at radius 1 is 1.33 bits per heavy atom. The average molecular weight is 245 g/mol. The van der Waals surface area contributed by atoms with Crippen LogP contribution in [0.5, 0.6) is 0 Å². The topological polar surface area (TPSA) is 3.24 Å². The number of anilines is 1. The Labute approximate surface area is 109 Å². The van der Waals surface area contributed by atoms with E-state index in [1.165, 1.54) is 11.1 Å². The zero-order chi connectivity index (χ0) is 13.3. The lowest BCUT2D eigenvalue weighted by atomic mass is 10.1. The second kappa shape index (κ2) is 4.60. The number of hydrogen-bond donors (Lipinski definition) is 0. The van der Waals surface area contributed by atoms with Crippen LogP contribution in [0, 0.1) is 0 Å². The molecule has 1 nitrogen and oxygen atoms in total. The molecule has 0 aromatic heterocycles. The van der Waals surface area contributed by atoms with Gasteiger partial charge in [0.05, 0.1) is 5.70 Å². The molecule has 2 heteroatoms. The van der Waals surface area contributed by atoms with Crippen molar-refractivity contribution in [2.75, 3.05) is 11.9 Å². The predicted octanol–water partition coefficient (Wildman–Crippen LogP) is 4.56. The molecule has 0 heterocycles. The van der Waals surface area contributed by atoms with Crippen LogP contribution in [0.1, 0.15) is 32.8 Å². The number of halogens is 1. The fraction of sp³-hybridized carbons (Fsp3) is 0.375. The standard InChI is InChI=1S/C16H20FN/c1-5-6-12(2)13-7-9-14(10-8-13)18(4)15-11-16(15,3)17/h6-11H,5H2,1-4H3. The highest BCUT2D eigenvalue weighted by Gasteiger charge is 2.42. The van der Waals surface area contributed by atoms with Gasteiger partial charge in [-0.05, 0) is 49.6 Å². The van der Waals surface area contributed by atoms with Crippen LogP contribution in [0.25, 0.3) is 5.57 Å². The molecule has 0 spiro atoms. The highest BCUT2D eigenvalue weighted by Crippen LogP contribution is 2.41. The van der Waals surface area contributed by atoms with Crippen LogP contribution in [0.4, 0.5) is 10.1 Å². The van der Waals surface area contributed by atoms with Gasteiger partial charge in [0, 0.05) is 12.7 Å². The lowest BCUT2D eigenvalue weighted by molar-refractivity contribution is 0.361. The molecule has 0 radical (unpaired) electrons. The van der Waals surface area contributed by atoms with Gasteiger partial charge in [-0.1, -0.05) is 25.1 Å². The Morgan fingerprint density at radius 3 is 2.33 bits per heavy atom. The molecule has 2 rings (SSSR count). The van der Waals surface area contributed by atoms with Crippen LogP contribution in [0.3, 0.4) is 0 Å². The lowest BCUT2D eigenvalue weighted by Gasteiger charge is -2.18. The number of nitrogens with zero attached hydrogens (tertiary/aromatic N) is 1. The molecule has 1 aliphatic carbocycles. The van der Waals surface area contributed by atoms with E-state index in [1.54, 1.807) is 13.0 Å². The van der Waals surface area contributed by atoms with Gasteiger partial charge in [-0.2, -0.15) is 0 Å². The van der Waals surface area contributed by atoms with Crippen LogP contribution in [-0.2, 0) is 0 Å². The smallest absolute Gasteiger partial charge is 0.168 e. The van der Waals surface area contributed by atoms with E-state index in [4.69, 9.17) is 0 Å². The summed E-state index contributed by atoms with van der Waals surface area (Å²) in [5, 5.41) is 0. The van der Waals surface area contributed by atoms with Crippen molar-refractivity contribution in [1.29, 1.82) is 0 Å². The van der Waals surface area contributed by atoms with E-state index >= 15 is 0 Å². The summed E-state index contributed by atoms with van der Waals surface area (Å²) >= 11 is 0. The molecule has 0 bridgehead atoms. The molecule has 0 N–H and O–H groups in total. The molecule has 1 atom stereocenters. The second-order valence-electron chi connectivity index (χ2n) is 5.01. The molecule has 0 amide bonds. The Hall–Kier alpha value is -1.57. The normalized spacial score (nSPS) is 22.7. The summed E-state index contributed by atoms with van der Waals surface area (Å²) in [5.74, 6) is 0. The molecule has 96 valence electrons. The van der Waals surface area contributed by atoms with Crippen LogP contribution in [-0.4, -0.2) is 12.7 Å². The average Bonchev–Trinajstić information content (AvgIpc) is 2.98. The molecule has 1 aromatic carbocycles. The third-order valence-electron chi connectivity index (χ3n) is 3.41. The maximum atomic E-state index is 13.6. The van der Waals surface area contributed by atoms with Gasteiger partial charge in [0.2, 0.25) is 0 Å². The van der Waals surface area contributed by atoms with Gasteiger partial charge in [-0.3, -0.25) is 0 Å². The van der Waals surface area contributed by atoms with Crippen molar-refractivity contribution >= 4 is 11.3 Å². The Balaban J connectivity index is 2.13. The molecular formula is C16H20FN. The molecule has 18 heavy (non-hydrogen) atoms. The number of hydrogen-bond acceptors (Lipinski definition) is 1. The fourth-order valence-electron chi connectivity index (χ4n) is 2.16. The summed E-state index contributed by atoms with van der Waals surface area (Å²) < 4.78 is 13.6. The maximum absolute atomic E-state index is 13.6. The van der Waals surface area contributed by atoms with Crippen LogP contribution >= 0.6 is 0 Å². The zero-order valence-corrected chi connectivity index (χ0v) is 11.5. The molecule has 0 saturated heterocycles. The van der Waals surface area contributed by atoms with Gasteiger partial charge in [0.1, 0.15) is 0 Å². The highest BCUT2D eigenvalue weighted by molar-refractivity contribution is 5.67. The van der Waals surface area contributed by atoms with Crippen molar-refractivity contribution in [3.63, 3.8) is 0 Å². The van der Waals surface area contributed by atoms with Crippen LogP contribution in [0.15, 0.2) is 42.1 Å². The summed E-state index contributed by atoms with van der Waals surface area (Å²) in [7, 11) is 1.90. The Kier molecular flexibility index (Phi) is 3.29. The van der Waals surface area contributed by atoms with Crippen molar-refractivity contribution in [2.24, 2.45) is 0 Å². The minimum atomic E-state index is -1.22. The first-order valence-electron chi connectivity index (χ1n) is 6.39. The van der Waals surface area contributed by atoms with E-state index in [9.17, 15) is 4.39 Å². The van der Waals surface area contributed by atoms with Gasteiger partial charge in [-0.15, -0.1) is 0 Å². The Morgan fingerprint density at radius 2 is 1.89 bits per heavy atom. The van der Waals surface area contributed by atoms with Gasteiger partial charge >= 0.3 is 0 Å². The van der Waals surface area contributed by atoms with E-state index in [1.807, 2.05) is 24.1 Å². The van der Waals surface area contributed by atoms with Crippen molar-refractivity contribution in [3.05, 3.63) is 47.7 Å². The van der Waals surface area contributed by atoms with Crippen molar-refractivity contribution in [3.8, 4) is 0 Å². The van der Waals surface area contributed by atoms with Gasteiger partial charge in [0.15, 0.2) is 5.67 Å². The second-order valence-corrected chi connectivity index (χ2v) is 5.01. The van der Waals surface area contributed by atoms with E-state index in [2.05, 4.69) is 32.1 Å². The number of benzene rings is 1. The van der Waals surface area contributed by atoms with Crippen LogP contribution < -0.4 is 4.90 Å². The van der Waals surface area contributed by atoms with E-state index in [-0.39, 0.29) is 0 Å². The molecule has 1 unspecified atom stereocenters. The minimum Gasteiger partial charge on any atom is -0.345 e. The predicted molar refractivity (Wildman–Crippen MR) is 76.4 cm³/mol. The molecule has 0 saturated carbocycles. The summed E-state index contributed by atoms with van der Waals surface area (Å²) in [5.41, 5.74) is 3.06. The van der Waals surface area contributed by atoms with Crippen molar-refractivity contribution in [1.82, 2.24) is 0 Å². The highest BCUT2D eigenvalue weighted by atomic mass is 19.1. The van der Waals surface area contributed by atoms with Gasteiger partial charge in [0.25, 0.3) is 0 Å². The van der Waals surface area contributed by atoms with E-state index in [0.717, 1.165) is 17.8 Å². The van der Waals surface area contributed by atoms with Crippen LogP contribution in [0.2, 0.25) is 0 Å². The SMILES string of the molecule is CCC=C(C)c1ccc(N(C)C2=CC2(C)F)cc1. The van der Waals surface area contributed by atoms with Crippen molar-refractivity contribution in [2.45, 2.75) is 32.9 Å².